The standard InChI is InChI=1S/C25H28N2O3S/c28-19-25(13-15-30-21-10-5-2-6-11-21)12-7-14-27(18-25)24(29)22-17-31-23(26-22)16-20-8-3-1-4-9-20/h1-6,8-11,17,28H,7,12-16,18-19H2. The Hall–Kier alpha value is -2.70. The minimum absolute atomic E-state index is 0.0444. The molecule has 1 aromatic heterocycles. The van der Waals surface area contributed by atoms with Crippen molar-refractivity contribution in [3.63, 3.8) is 0 Å². The third kappa shape index (κ3) is 5.51. The van der Waals surface area contributed by atoms with Gasteiger partial charge in [-0.1, -0.05) is 48.5 Å². The first kappa shape index (κ1) is 21.5. The van der Waals surface area contributed by atoms with E-state index in [1.54, 1.807) is 0 Å². The van der Waals surface area contributed by atoms with E-state index in [0.717, 1.165) is 30.0 Å². The number of hydrogen-bond acceptors (Lipinski definition) is 5. The molecule has 5 nitrogen and oxygen atoms in total. The Morgan fingerprint density at radius 2 is 1.87 bits per heavy atom. The van der Waals surface area contributed by atoms with Crippen LogP contribution in [-0.2, 0) is 6.42 Å². The second-order valence-corrected chi connectivity index (χ2v) is 9.13. The van der Waals surface area contributed by atoms with Gasteiger partial charge in [-0.05, 0) is 37.0 Å². The average Bonchev–Trinajstić information content (AvgIpc) is 3.28. The van der Waals surface area contributed by atoms with E-state index in [9.17, 15) is 9.90 Å². The molecule has 1 fully saturated rings. The second-order valence-electron chi connectivity index (χ2n) is 8.19. The van der Waals surface area contributed by atoms with Gasteiger partial charge in [0.05, 0.1) is 18.2 Å². The van der Waals surface area contributed by atoms with E-state index in [1.165, 1.54) is 16.9 Å². The topological polar surface area (TPSA) is 62.7 Å². The number of para-hydroxylation sites is 1. The molecule has 2 heterocycles. The molecule has 31 heavy (non-hydrogen) atoms. The van der Waals surface area contributed by atoms with E-state index in [-0.39, 0.29) is 17.9 Å². The van der Waals surface area contributed by atoms with Gasteiger partial charge >= 0.3 is 0 Å². The first-order valence-electron chi connectivity index (χ1n) is 10.7. The molecule has 0 saturated carbocycles. The van der Waals surface area contributed by atoms with Crippen LogP contribution in [-0.4, -0.2) is 47.2 Å². The Morgan fingerprint density at radius 1 is 1.13 bits per heavy atom. The summed E-state index contributed by atoms with van der Waals surface area (Å²) in [6, 6.07) is 19.9. The number of nitrogens with zero attached hydrogens (tertiary/aromatic N) is 2. The molecule has 1 unspecified atom stereocenters. The number of piperidine rings is 1. The molecule has 0 radical (unpaired) electrons. The molecule has 1 aliphatic rings. The van der Waals surface area contributed by atoms with E-state index in [0.29, 0.717) is 31.8 Å². The summed E-state index contributed by atoms with van der Waals surface area (Å²) in [5.41, 5.74) is 1.36. The van der Waals surface area contributed by atoms with Gasteiger partial charge in [-0.3, -0.25) is 4.79 Å². The van der Waals surface area contributed by atoms with Crippen LogP contribution in [0.25, 0.3) is 0 Å². The molecule has 4 rings (SSSR count). The van der Waals surface area contributed by atoms with Gasteiger partial charge in [0.1, 0.15) is 11.4 Å². The third-order valence-electron chi connectivity index (χ3n) is 5.90. The number of ether oxygens (including phenoxy) is 1. The number of carbonyl (C=O) groups is 1. The van der Waals surface area contributed by atoms with Gasteiger partial charge in [-0.25, -0.2) is 4.98 Å². The molecule has 3 aromatic rings. The molecule has 1 N–H and O–H groups in total. The summed E-state index contributed by atoms with van der Waals surface area (Å²) in [5.74, 6) is 0.782. The van der Waals surface area contributed by atoms with Crippen molar-refractivity contribution < 1.29 is 14.6 Å². The van der Waals surface area contributed by atoms with Crippen molar-refractivity contribution in [1.29, 1.82) is 0 Å². The normalized spacial score (nSPS) is 18.7. The van der Waals surface area contributed by atoms with Gasteiger partial charge in [-0.15, -0.1) is 11.3 Å². The van der Waals surface area contributed by atoms with Crippen molar-refractivity contribution in [3.05, 3.63) is 82.3 Å². The van der Waals surface area contributed by atoms with Crippen molar-refractivity contribution in [2.24, 2.45) is 5.41 Å². The monoisotopic (exact) mass is 436 g/mol. The van der Waals surface area contributed by atoms with Crippen LogP contribution in [0.2, 0.25) is 0 Å². The van der Waals surface area contributed by atoms with Gasteiger partial charge in [0.15, 0.2) is 0 Å². The van der Waals surface area contributed by atoms with Crippen molar-refractivity contribution in [2.75, 3.05) is 26.3 Å². The van der Waals surface area contributed by atoms with Gasteiger partial charge in [0.2, 0.25) is 0 Å². The number of thiazole rings is 1. The van der Waals surface area contributed by atoms with Crippen LogP contribution in [0.15, 0.2) is 66.0 Å². The number of hydrogen-bond donors (Lipinski definition) is 1. The lowest BCUT2D eigenvalue weighted by Gasteiger charge is -2.41. The predicted octanol–water partition coefficient (Wildman–Crippen LogP) is 4.42. The zero-order valence-corrected chi connectivity index (χ0v) is 18.4. The van der Waals surface area contributed by atoms with Gasteiger partial charge < -0.3 is 14.7 Å². The Kier molecular flexibility index (Phi) is 6.99. The second kappa shape index (κ2) is 10.1. The number of benzene rings is 2. The fraction of sp³-hybridized carbons (Fsp3) is 0.360. The molecule has 0 spiro atoms. The summed E-state index contributed by atoms with van der Waals surface area (Å²) in [5, 5.41) is 13.0. The SMILES string of the molecule is O=C(c1csc(Cc2ccccc2)n1)N1CCCC(CO)(CCOc2ccccc2)C1. The number of likely N-dealkylation sites (tertiary alicyclic amines) is 1. The Balaban J connectivity index is 1.37. The van der Waals surface area contributed by atoms with E-state index < -0.39 is 0 Å². The number of aliphatic hydroxyl groups is 1. The maximum Gasteiger partial charge on any atom is 0.273 e. The maximum absolute atomic E-state index is 13.1. The summed E-state index contributed by atoms with van der Waals surface area (Å²) in [7, 11) is 0. The number of aliphatic hydroxyl groups excluding tert-OH is 1. The number of carbonyl (C=O) groups excluding carboxylic acids is 1. The molecular formula is C25H28N2O3S. The van der Waals surface area contributed by atoms with E-state index in [1.807, 2.05) is 58.8 Å². The molecule has 162 valence electrons. The van der Waals surface area contributed by atoms with Crippen LogP contribution >= 0.6 is 11.3 Å². The van der Waals surface area contributed by atoms with Crippen LogP contribution in [0.1, 0.15) is 40.3 Å². The predicted molar refractivity (Wildman–Crippen MR) is 123 cm³/mol. The third-order valence-corrected chi connectivity index (χ3v) is 6.75. The Labute approximate surface area is 187 Å². The van der Waals surface area contributed by atoms with Crippen LogP contribution in [0.5, 0.6) is 5.75 Å². The molecule has 1 aliphatic heterocycles. The van der Waals surface area contributed by atoms with Gasteiger partial charge in [-0.2, -0.15) is 0 Å². The summed E-state index contributed by atoms with van der Waals surface area (Å²) in [4.78, 5) is 19.6. The van der Waals surface area contributed by atoms with E-state index in [2.05, 4.69) is 17.1 Å². The van der Waals surface area contributed by atoms with E-state index >= 15 is 0 Å². The zero-order valence-electron chi connectivity index (χ0n) is 17.6. The first-order chi connectivity index (χ1) is 15.2. The number of rotatable bonds is 8. The quantitative estimate of drug-likeness (QED) is 0.568. The largest absolute Gasteiger partial charge is 0.494 e. The summed E-state index contributed by atoms with van der Waals surface area (Å²) < 4.78 is 5.85. The summed E-state index contributed by atoms with van der Waals surface area (Å²) in [6.07, 6.45) is 3.20. The van der Waals surface area contributed by atoms with Crippen molar-refractivity contribution in [3.8, 4) is 5.75 Å². The van der Waals surface area contributed by atoms with Crippen LogP contribution in [0, 0.1) is 5.41 Å². The maximum atomic E-state index is 13.1. The van der Waals surface area contributed by atoms with E-state index in [4.69, 9.17) is 4.74 Å². The smallest absolute Gasteiger partial charge is 0.273 e. The first-order valence-corrected chi connectivity index (χ1v) is 11.6. The molecule has 1 saturated heterocycles. The van der Waals surface area contributed by atoms with Crippen LogP contribution < -0.4 is 4.74 Å². The average molecular weight is 437 g/mol. The minimum atomic E-state index is -0.328. The molecule has 1 amide bonds. The number of aromatic nitrogens is 1. The van der Waals surface area contributed by atoms with Crippen molar-refractivity contribution in [1.82, 2.24) is 9.88 Å². The Bertz CT molecular complexity index is 977. The molecule has 6 heteroatoms. The lowest BCUT2D eigenvalue weighted by Crippen LogP contribution is -2.48. The fourth-order valence-electron chi connectivity index (χ4n) is 4.12. The molecule has 0 aliphatic carbocycles. The highest BCUT2D eigenvalue weighted by atomic mass is 32.1. The summed E-state index contributed by atoms with van der Waals surface area (Å²) >= 11 is 1.53. The highest BCUT2D eigenvalue weighted by Crippen LogP contribution is 2.34. The van der Waals surface area contributed by atoms with Gasteiger partial charge in [0, 0.05) is 30.3 Å². The van der Waals surface area contributed by atoms with Gasteiger partial charge in [0.25, 0.3) is 5.91 Å². The van der Waals surface area contributed by atoms with Crippen LogP contribution in [0.3, 0.4) is 0 Å². The lowest BCUT2D eigenvalue weighted by molar-refractivity contribution is 0.0153. The Morgan fingerprint density at radius 3 is 2.61 bits per heavy atom. The fourth-order valence-corrected chi connectivity index (χ4v) is 4.92. The highest BCUT2D eigenvalue weighted by Gasteiger charge is 2.37. The zero-order chi connectivity index (χ0) is 21.5. The van der Waals surface area contributed by atoms with Crippen molar-refractivity contribution in [2.45, 2.75) is 25.7 Å². The molecule has 0 bridgehead atoms. The van der Waals surface area contributed by atoms with Crippen LogP contribution in [0.4, 0.5) is 0 Å². The molecule has 2 aromatic carbocycles. The minimum Gasteiger partial charge on any atom is -0.494 e. The number of amides is 1. The summed E-state index contributed by atoms with van der Waals surface area (Å²) in [6.45, 7) is 1.80. The lowest BCUT2D eigenvalue weighted by atomic mass is 9.78. The van der Waals surface area contributed by atoms with Crippen molar-refractivity contribution >= 4 is 17.2 Å². The molecular weight excluding hydrogens is 408 g/mol. The highest BCUT2D eigenvalue weighted by molar-refractivity contribution is 7.09. The molecule has 1 atom stereocenters.